The molecular weight excluding hydrogens is 214 g/mol. The average Bonchev–Trinajstić information content (AvgIpc) is 2.22. The number of esters is 1. The van der Waals surface area contributed by atoms with E-state index in [4.69, 9.17) is 4.74 Å². The van der Waals surface area contributed by atoms with Crippen LogP contribution < -0.4 is 0 Å². The lowest BCUT2D eigenvalue weighted by Crippen LogP contribution is -2.16. The summed E-state index contributed by atoms with van der Waals surface area (Å²) in [6.45, 7) is 5.37. The number of aryl methyl sites for hydroxylation is 2. The summed E-state index contributed by atoms with van der Waals surface area (Å²) in [7, 11) is 4.01. The molecule has 17 heavy (non-hydrogen) atoms. The molecule has 3 heteroatoms. The van der Waals surface area contributed by atoms with Crippen LogP contribution in [0.5, 0.6) is 0 Å². The molecule has 1 rings (SSSR count). The molecule has 0 saturated heterocycles. The van der Waals surface area contributed by atoms with Crippen molar-refractivity contribution in [2.24, 2.45) is 0 Å². The first-order valence-electron chi connectivity index (χ1n) is 5.89. The van der Waals surface area contributed by atoms with Crippen molar-refractivity contribution in [1.82, 2.24) is 4.90 Å². The molecule has 0 N–H and O–H groups in total. The minimum atomic E-state index is -0.226. The molecule has 0 saturated carbocycles. The fraction of sp³-hybridized carbons (Fsp3) is 0.500. The minimum Gasteiger partial charge on any atom is -0.462 e. The summed E-state index contributed by atoms with van der Waals surface area (Å²) >= 11 is 0. The van der Waals surface area contributed by atoms with E-state index in [0.29, 0.717) is 12.2 Å². The first-order valence-corrected chi connectivity index (χ1v) is 5.89. The average molecular weight is 235 g/mol. The van der Waals surface area contributed by atoms with Gasteiger partial charge in [-0.3, -0.25) is 0 Å². The van der Waals surface area contributed by atoms with Crippen LogP contribution in [0.4, 0.5) is 0 Å². The predicted molar refractivity (Wildman–Crippen MR) is 69.4 cm³/mol. The fourth-order valence-electron chi connectivity index (χ4n) is 1.72. The van der Waals surface area contributed by atoms with Gasteiger partial charge in [-0.2, -0.15) is 0 Å². The Morgan fingerprint density at radius 1 is 1.18 bits per heavy atom. The molecule has 1 aromatic rings. The molecule has 0 radical (unpaired) electrons. The molecule has 94 valence electrons. The van der Waals surface area contributed by atoms with Crippen molar-refractivity contribution >= 4 is 5.97 Å². The highest BCUT2D eigenvalue weighted by molar-refractivity contribution is 5.89. The van der Waals surface area contributed by atoms with Crippen LogP contribution in [0.2, 0.25) is 0 Å². The Kier molecular flexibility index (Phi) is 5.16. The summed E-state index contributed by atoms with van der Waals surface area (Å²) in [4.78, 5) is 13.8. The van der Waals surface area contributed by atoms with Crippen molar-refractivity contribution in [3.8, 4) is 0 Å². The van der Waals surface area contributed by atoms with Gasteiger partial charge in [0.25, 0.3) is 0 Å². The van der Waals surface area contributed by atoms with E-state index in [-0.39, 0.29) is 5.97 Å². The Morgan fingerprint density at radius 2 is 1.76 bits per heavy atom. The minimum absolute atomic E-state index is 0.226. The summed E-state index contributed by atoms with van der Waals surface area (Å²) < 4.78 is 5.22. The van der Waals surface area contributed by atoms with Crippen LogP contribution in [-0.2, 0) is 4.74 Å². The lowest BCUT2D eigenvalue weighted by molar-refractivity contribution is 0.0493. The highest BCUT2D eigenvalue weighted by atomic mass is 16.5. The maximum Gasteiger partial charge on any atom is 0.338 e. The lowest BCUT2D eigenvalue weighted by Gasteiger charge is -2.10. The summed E-state index contributed by atoms with van der Waals surface area (Å²) in [6, 6.07) is 5.77. The third-order valence-electron chi connectivity index (χ3n) is 2.44. The van der Waals surface area contributed by atoms with Crippen molar-refractivity contribution in [3.63, 3.8) is 0 Å². The van der Waals surface area contributed by atoms with Crippen molar-refractivity contribution in [2.75, 3.05) is 27.2 Å². The molecule has 0 heterocycles. The van der Waals surface area contributed by atoms with E-state index in [2.05, 4.69) is 4.90 Å². The summed E-state index contributed by atoms with van der Waals surface area (Å²) in [5.74, 6) is -0.226. The lowest BCUT2D eigenvalue weighted by atomic mass is 10.1. The number of ether oxygens (including phenoxy) is 1. The van der Waals surface area contributed by atoms with Gasteiger partial charge in [-0.25, -0.2) is 4.79 Å². The largest absolute Gasteiger partial charge is 0.462 e. The second-order valence-electron chi connectivity index (χ2n) is 4.67. The van der Waals surface area contributed by atoms with E-state index in [1.54, 1.807) is 0 Å². The maximum atomic E-state index is 11.8. The van der Waals surface area contributed by atoms with Gasteiger partial charge in [0.05, 0.1) is 12.2 Å². The van der Waals surface area contributed by atoms with Gasteiger partial charge in [0, 0.05) is 6.54 Å². The molecular formula is C14H21NO2. The molecule has 0 aliphatic heterocycles. The van der Waals surface area contributed by atoms with E-state index in [1.165, 1.54) is 0 Å². The van der Waals surface area contributed by atoms with Crippen LogP contribution in [0.25, 0.3) is 0 Å². The molecule has 3 nitrogen and oxygen atoms in total. The Hall–Kier alpha value is -1.35. The van der Waals surface area contributed by atoms with Gasteiger partial charge in [-0.15, -0.1) is 0 Å². The number of carbonyl (C=O) groups is 1. The normalized spacial score (nSPS) is 10.6. The first kappa shape index (κ1) is 13.7. The number of carbonyl (C=O) groups excluding carboxylic acids is 1. The van der Waals surface area contributed by atoms with E-state index in [1.807, 2.05) is 46.1 Å². The number of hydrogen-bond donors (Lipinski definition) is 0. The topological polar surface area (TPSA) is 29.5 Å². The van der Waals surface area contributed by atoms with E-state index >= 15 is 0 Å². The second-order valence-corrected chi connectivity index (χ2v) is 4.67. The maximum absolute atomic E-state index is 11.8. The fourth-order valence-corrected chi connectivity index (χ4v) is 1.72. The quantitative estimate of drug-likeness (QED) is 0.580. The molecule has 0 atom stereocenters. The molecule has 1 aromatic carbocycles. The van der Waals surface area contributed by atoms with Crippen molar-refractivity contribution in [2.45, 2.75) is 20.3 Å². The number of rotatable bonds is 5. The number of nitrogens with zero attached hydrogens (tertiary/aromatic N) is 1. The summed E-state index contributed by atoms with van der Waals surface area (Å²) in [5.41, 5.74) is 2.82. The molecule has 0 aliphatic carbocycles. The monoisotopic (exact) mass is 235 g/mol. The third-order valence-corrected chi connectivity index (χ3v) is 2.44. The van der Waals surface area contributed by atoms with Gasteiger partial charge in [0.15, 0.2) is 0 Å². The Balaban J connectivity index is 2.47. The summed E-state index contributed by atoms with van der Waals surface area (Å²) in [6.07, 6.45) is 0.865. The molecule has 0 fully saturated rings. The van der Waals surface area contributed by atoms with Gasteiger partial charge in [-0.1, -0.05) is 17.2 Å². The van der Waals surface area contributed by atoms with Crippen molar-refractivity contribution < 1.29 is 9.53 Å². The van der Waals surface area contributed by atoms with Crippen LogP contribution in [-0.4, -0.2) is 38.1 Å². The molecule has 0 unspecified atom stereocenters. The predicted octanol–water partition coefficient (Wildman–Crippen LogP) is 2.41. The molecule has 0 amide bonds. The van der Waals surface area contributed by atoms with Crippen LogP contribution in [0.1, 0.15) is 27.9 Å². The number of benzene rings is 1. The van der Waals surface area contributed by atoms with Crippen molar-refractivity contribution in [1.29, 1.82) is 0 Å². The highest BCUT2D eigenvalue weighted by Gasteiger charge is 2.07. The van der Waals surface area contributed by atoms with Crippen LogP contribution in [0.15, 0.2) is 18.2 Å². The Morgan fingerprint density at radius 3 is 2.29 bits per heavy atom. The molecule has 0 bridgehead atoms. The highest BCUT2D eigenvalue weighted by Crippen LogP contribution is 2.10. The third kappa shape index (κ3) is 5.00. The zero-order valence-corrected chi connectivity index (χ0v) is 11.1. The zero-order valence-electron chi connectivity index (χ0n) is 11.1. The Bertz CT molecular complexity index is 366. The molecule has 0 aliphatic rings. The zero-order chi connectivity index (χ0) is 12.8. The standard InChI is InChI=1S/C14H21NO2/c1-11-8-12(2)10-13(9-11)14(16)17-7-5-6-15(3)4/h8-10H,5-7H2,1-4H3. The SMILES string of the molecule is Cc1cc(C)cc(C(=O)OCCCN(C)C)c1. The first-order chi connectivity index (χ1) is 7.99. The molecule has 0 aromatic heterocycles. The van der Waals surface area contributed by atoms with E-state index < -0.39 is 0 Å². The number of hydrogen-bond acceptors (Lipinski definition) is 3. The van der Waals surface area contributed by atoms with Gasteiger partial charge >= 0.3 is 5.97 Å². The van der Waals surface area contributed by atoms with Gasteiger partial charge in [-0.05, 0) is 46.5 Å². The van der Waals surface area contributed by atoms with E-state index in [9.17, 15) is 4.79 Å². The van der Waals surface area contributed by atoms with Crippen LogP contribution in [0.3, 0.4) is 0 Å². The van der Waals surface area contributed by atoms with Gasteiger partial charge in [0.1, 0.15) is 0 Å². The van der Waals surface area contributed by atoms with Gasteiger partial charge < -0.3 is 9.64 Å². The van der Waals surface area contributed by atoms with Crippen molar-refractivity contribution in [3.05, 3.63) is 34.9 Å². The molecule has 0 spiro atoms. The van der Waals surface area contributed by atoms with E-state index in [0.717, 1.165) is 24.1 Å². The van der Waals surface area contributed by atoms with Crippen LogP contribution in [0, 0.1) is 13.8 Å². The smallest absolute Gasteiger partial charge is 0.338 e. The summed E-state index contributed by atoms with van der Waals surface area (Å²) in [5, 5.41) is 0. The second kappa shape index (κ2) is 6.40. The Labute approximate surface area is 103 Å². The van der Waals surface area contributed by atoms with Gasteiger partial charge in [0.2, 0.25) is 0 Å². The van der Waals surface area contributed by atoms with Crippen LogP contribution >= 0.6 is 0 Å².